The minimum Gasteiger partial charge on any atom is -0.383 e. The summed E-state index contributed by atoms with van der Waals surface area (Å²) < 4.78 is 10.1. The van der Waals surface area contributed by atoms with E-state index in [2.05, 4.69) is 18.7 Å². The molecule has 0 aromatic carbocycles. The highest BCUT2D eigenvalue weighted by Crippen LogP contribution is 1.99. The van der Waals surface area contributed by atoms with E-state index < -0.39 is 0 Å². The first-order valence-corrected chi connectivity index (χ1v) is 5.09. The molecule has 1 unspecified atom stereocenters. The van der Waals surface area contributed by atoms with Crippen LogP contribution in [0.2, 0.25) is 0 Å². The molecule has 0 rings (SSSR count). The van der Waals surface area contributed by atoms with E-state index in [0.717, 1.165) is 19.7 Å². The summed E-state index contributed by atoms with van der Waals surface area (Å²) in [5.74, 6) is 0. The first-order chi connectivity index (χ1) is 6.61. The van der Waals surface area contributed by atoms with Crippen LogP contribution in [0.1, 0.15) is 13.8 Å². The number of rotatable bonds is 8. The summed E-state index contributed by atoms with van der Waals surface area (Å²) in [7, 11) is 3.39. The van der Waals surface area contributed by atoms with Crippen LogP contribution in [0.4, 0.5) is 0 Å². The Hall–Kier alpha value is -0.160. The molecule has 2 N–H and O–H groups in total. The number of hydrogen-bond donors (Lipinski definition) is 1. The van der Waals surface area contributed by atoms with Gasteiger partial charge in [0.2, 0.25) is 0 Å². The van der Waals surface area contributed by atoms with Gasteiger partial charge in [-0.15, -0.1) is 0 Å². The smallest absolute Gasteiger partial charge is 0.0626 e. The molecular weight excluding hydrogens is 180 g/mol. The summed E-state index contributed by atoms with van der Waals surface area (Å²) in [6.45, 7) is 7.46. The molecule has 0 spiro atoms. The van der Waals surface area contributed by atoms with Crippen molar-refractivity contribution in [2.24, 2.45) is 5.73 Å². The lowest BCUT2D eigenvalue weighted by atomic mass is 10.2. The second-order valence-electron chi connectivity index (χ2n) is 3.80. The molecule has 0 amide bonds. The molecule has 0 radical (unpaired) electrons. The topological polar surface area (TPSA) is 47.7 Å². The number of nitrogens with two attached hydrogens (primary N) is 1. The van der Waals surface area contributed by atoms with E-state index in [9.17, 15) is 0 Å². The lowest BCUT2D eigenvalue weighted by Crippen LogP contribution is -2.44. The Labute approximate surface area is 87.4 Å². The second kappa shape index (κ2) is 8.17. The minimum absolute atomic E-state index is 0.0826. The molecule has 0 aliphatic heterocycles. The largest absolute Gasteiger partial charge is 0.383 e. The quantitative estimate of drug-likeness (QED) is 0.618. The van der Waals surface area contributed by atoms with E-state index in [1.54, 1.807) is 14.2 Å². The average molecular weight is 204 g/mol. The van der Waals surface area contributed by atoms with Gasteiger partial charge in [-0.05, 0) is 13.8 Å². The van der Waals surface area contributed by atoms with Gasteiger partial charge in [0, 0.05) is 39.4 Å². The summed E-state index contributed by atoms with van der Waals surface area (Å²) in [6, 6.07) is 0.576. The first-order valence-electron chi connectivity index (χ1n) is 5.09. The molecule has 0 saturated carbocycles. The molecular formula is C10H24N2O2. The average Bonchev–Trinajstić information content (AvgIpc) is 2.12. The fourth-order valence-electron chi connectivity index (χ4n) is 1.34. The summed E-state index contributed by atoms with van der Waals surface area (Å²) in [6.07, 6.45) is 0. The maximum atomic E-state index is 5.89. The van der Waals surface area contributed by atoms with Crippen LogP contribution in [-0.4, -0.2) is 57.5 Å². The van der Waals surface area contributed by atoms with Gasteiger partial charge in [-0.3, -0.25) is 4.90 Å². The molecule has 14 heavy (non-hydrogen) atoms. The monoisotopic (exact) mass is 204 g/mol. The van der Waals surface area contributed by atoms with Crippen LogP contribution in [0.25, 0.3) is 0 Å². The Morgan fingerprint density at radius 3 is 2.29 bits per heavy atom. The van der Waals surface area contributed by atoms with Gasteiger partial charge in [-0.2, -0.15) is 0 Å². The molecule has 0 bridgehead atoms. The predicted molar refractivity (Wildman–Crippen MR) is 58.4 cm³/mol. The molecule has 0 fully saturated rings. The summed E-state index contributed by atoms with van der Waals surface area (Å²) in [5, 5.41) is 0. The zero-order chi connectivity index (χ0) is 11.0. The third-order valence-electron chi connectivity index (χ3n) is 2.16. The van der Waals surface area contributed by atoms with Crippen LogP contribution < -0.4 is 5.73 Å². The highest BCUT2D eigenvalue weighted by molar-refractivity contribution is 4.70. The van der Waals surface area contributed by atoms with Gasteiger partial charge in [0.1, 0.15) is 0 Å². The van der Waals surface area contributed by atoms with Gasteiger partial charge < -0.3 is 15.2 Å². The standard InChI is InChI=1S/C10H24N2O2/c1-9(2)12(5-6-13-3)7-10(11)8-14-4/h9-10H,5-8,11H2,1-4H3. The Morgan fingerprint density at radius 2 is 1.86 bits per heavy atom. The van der Waals surface area contributed by atoms with Crippen molar-refractivity contribution in [1.82, 2.24) is 4.90 Å². The maximum absolute atomic E-state index is 5.89. The van der Waals surface area contributed by atoms with Crippen LogP contribution in [0.3, 0.4) is 0 Å². The summed E-state index contributed by atoms with van der Waals surface area (Å²) >= 11 is 0. The second-order valence-corrected chi connectivity index (χ2v) is 3.80. The summed E-state index contributed by atoms with van der Waals surface area (Å²) in [5.41, 5.74) is 5.89. The van der Waals surface area contributed by atoms with Crippen LogP contribution in [0, 0.1) is 0 Å². The molecule has 0 aliphatic carbocycles. The lowest BCUT2D eigenvalue weighted by molar-refractivity contribution is 0.106. The SMILES string of the molecule is COCCN(CC(N)COC)C(C)C. The zero-order valence-electron chi connectivity index (χ0n) is 9.82. The van der Waals surface area contributed by atoms with Crippen molar-refractivity contribution in [3.63, 3.8) is 0 Å². The fourth-order valence-corrected chi connectivity index (χ4v) is 1.34. The van der Waals surface area contributed by atoms with E-state index in [1.807, 2.05) is 0 Å². The number of methoxy groups -OCH3 is 2. The van der Waals surface area contributed by atoms with Crippen LogP contribution in [-0.2, 0) is 9.47 Å². The van der Waals surface area contributed by atoms with E-state index in [1.165, 1.54) is 0 Å². The lowest BCUT2D eigenvalue weighted by Gasteiger charge is -2.28. The molecule has 0 aliphatic rings. The van der Waals surface area contributed by atoms with Gasteiger partial charge >= 0.3 is 0 Å². The van der Waals surface area contributed by atoms with Gasteiger partial charge in [0.05, 0.1) is 13.2 Å². The Kier molecular flexibility index (Phi) is 8.08. The van der Waals surface area contributed by atoms with Crippen LogP contribution >= 0.6 is 0 Å². The van der Waals surface area contributed by atoms with Gasteiger partial charge in [0.25, 0.3) is 0 Å². The normalized spacial score (nSPS) is 13.9. The van der Waals surface area contributed by atoms with E-state index in [4.69, 9.17) is 15.2 Å². The highest BCUT2D eigenvalue weighted by atomic mass is 16.5. The molecule has 0 aromatic rings. The van der Waals surface area contributed by atoms with Crippen molar-refractivity contribution in [3.05, 3.63) is 0 Å². The molecule has 0 aromatic heterocycles. The van der Waals surface area contributed by atoms with Crippen molar-refractivity contribution < 1.29 is 9.47 Å². The predicted octanol–water partition coefficient (Wildman–Crippen LogP) is 0.317. The molecule has 1 atom stereocenters. The van der Waals surface area contributed by atoms with Crippen molar-refractivity contribution in [3.8, 4) is 0 Å². The number of nitrogens with zero attached hydrogens (tertiary/aromatic N) is 1. The number of ether oxygens (including phenoxy) is 2. The fraction of sp³-hybridized carbons (Fsp3) is 1.00. The maximum Gasteiger partial charge on any atom is 0.0626 e. The van der Waals surface area contributed by atoms with E-state index in [-0.39, 0.29) is 6.04 Å². The van der Waals surface area contributed by atoms with Gasteiger partial charge in [-0.1, -0.05) is 0 Å². The number of hydrogen-bond acceptors (Lipinski definition) is 4. The van der Waals surface area contributed by atoms with Crippen molar-refractivity contribution in [2.45, 2.75) is 25.9 Å². The van der Waals surface area contributed by atoms with Gasteiger partial charge in [-0.25, -0.2) is 0 Å². The zero-order valence-corrected chi connectivity index (χ0v) is 9.82. The third-order valence-corrected chi connectivity index (χ3v) is 2.16. The summed E-state index contributed by atoms with van der Waals surface area (Å²) in [4.78, 5) is 2.30. The van der Waals surface area contributed by atoms with Crippen LogP contribution in [0.15, 0.2) is 0 Å². The van der Waals surface area contributed by atoms with Crippen molar-refractivity contribution >= 4 is 0 Å². The third kappa shape index (κ3) is 6.32. The van der Waals surface area contributed by atoms with Crippen molar-refractivity contribution in [1.29, 1.82) is 0 Å². The molecule has 0 saturated heterocycles. The molecule has 4 nitrogen and oxygen atoms in total. The molecule has 86 valence electrons. The van der Waals surface area contributed by atoms with Gasteiger partial charge in [0.15, 0.2) is 0 Å². The van der Waals surface area contributed by atoms with Crippen molar-refractivity contribution in [2.75, 3.05) is 40.5 Å². The Morgan fingerprint density at radius 1 is 1.21 bits per heavy atom. The Bertz CT molecular complexity index is 131. The van der Waals surface area contributed by atoms with E-state index in [0.29, 0.717) is 12.6 Å². The van der Waals surface area contributed by atoms with E-state index >= 15 is 0 Å². The highest BCUT2D eigenvalue weighted by Gasteiger charge is 2.12. The Balaban J connectivity index is 3.82. The molecule has 4 heteroatoms. The molecule has 0 heterocycles. The first kappa shape index (κ1) is 13.8. The van der Waals surface area contributed by atoms with Crippen LogP contribution in [0.5, 0.6) is 0 Å². The minimum atomic E-state index is 0.0826.